The van der Waals surface area contributed by atoms with Gasteiger partial charge >= 0.3 is 5.97 Å². The van der Waals surface area contributed by atoms with E-state index in [1.54, 1.807) is 0 Å². The second kappa shape index (κ2) is 13.4. The molecular weight excluding hydrogens is 356 g/mol. The van der Waals surface area contributed by atoms with Crippen molar-refractivity contribution < 1.29 is 9.53 Å². The largest absolute Gasteiger partial charge is 0.461 e. The SMILES string of the molecule is CCCCCCC(=O)OCC=C(C)C=CC=C(C)C=CC1=C(C)CCCC1(C)C. The minimum Gasteiger partial charge on any atom is -0.461 e. The van der Waals surface area contributed by atoms with Gasteiger partial charge in [0.25, 0.3) is 0 Å². The highest BCUT2D eigenvalue weighted by atomic mass is 16.5. The van der Waals surface area contributed by atoms with E-state index < -0.39 is 0 Å². The zero-order chi connectivity index (χ0) is 21.7. The number of hydrogen-bond donors (Lipinski definition) is 0. The van der Waals surface area contributed by atoms with E-state index in [1.165, 1.54) is 48.8 Å². The smallest absolute Gasteiger partial charge is 0.306 e. The molecule has 0 amide bonds. The molecule has 0 aromatic rings. The monoisotopic (exact) mass is 398 g/mol. The maximum atomic E-state index is 11.7. The molecule has 0 N–H and O–H groups in total. The van der Waals surface area contributed by atoms with Crippen LogP contribution in [-0.4, -0.2) is 12.6 Å². The summed E-state index contributed by atoms with van der Waals surface area (Å²) in [5.74, 6) is -0.0924. The molecular formula is C27H42O2. The lowest BCUT2D eigenvalue weighted by Crippen LogP contribution is -2.19. The van der Waals surface area contributed by atoms with E-state index in [2.05, 4.69) is 65.0 Å². The third-order valence-electron chi connectivity index (χ3n) is 5.66. The molecule has 1 aliphatic carbocycles. The Morgan fingerprint density at radius 2 is 1.86 bits per heavy atom. The highest BCUT2D eigenvalue weighted by Crippen LogP contribution is 2.40. The minimum absolute atomic E-state index is 0.0924. The first kappa shape index (κ1) is 25.2. The first-order valence-electron chi connectivity index (χ1n) is 11.3. The normalized spacial score (nSPS) is 18.1. The lowest BCUT2D eigenvalue weighted by molar-refractivity contribution is -0.142. The topological polar surface area (TPSA) is 26.3 Å². The maximum Gasteiger partial charge on any atom is 0.306 e. The van der Waals surface area contributed by atoms with Gasteiger partial charge in [-0.1, -0.05) is 87.1 Å². The van der Waals surface area contributed by atoms with Crippen LogP contribution in [0, 0.1) is 5.41 Å². The van der Waals surface area contributed by atoms with Crippen LogP contribution in [0.4, 0.5) is 0 Å². The molecule has 0 atom stereocenters. The lowest BCUT2D eigenvalue weighted by Gasteiger charge is -2.32. The summed E-state index contributed by atoms with van der Waals surface area (Å²) < 4.78 is 5.27. The number of hydrogen-bond acceptors (Lipinski definition) is 2. The van der Waals surface area contributed by atoms with E-state index in [-0.39, 0.29) is 11.4 Å². The van der Waals surface area contributed by atoms with Crippen molar-refractivity contribution in [1.82, 2.24) is 0 Å². The van der Waals surface area contributed by atoms with Gasteiger partial charge in [-0.15, -0.1) is 0 Å². The first-order chi connectivity index (χ1) is 13.8. The number of esters is 1. The van der Waals surface area contributed by atoms with Gasteiger partial charge < -0.3 is 4.74 Å². The molecule has 162 valence electrons. The number of unbranched alkanes of at least 4 members (excludes halogenated alkanes) is 3. The molecule has 2 nitrogen and oxygen atoms in total. The standard InChI is InChI=1S/C27H42O2/c1-7-8-9-10-16-26(28)29-21-19-23(3)14-11-13-22(2)17-18-25-24(4)15-12-20-27(25,5)6/h11,13-14,17-19H,7-10,12,15-16,20-21H2,1-6H3. The highest BCUT2D eigenvalue weighted by molar-refractivity contribution is 5.69. The van der Waals surface area contributed by atoms with Crippen LogP contribution in [0.3, 0.4) is 0 Å². The van der Waals surface area contributed by atoms with Crippen LogP contribution >= 0.6 is 0 Å². The average molecular weight is 399 g/mol. The molecule has 1 rings (SSSR count). The van der Waals surface area contributed by atoms with Gasteiger partial charge in [0.1, 0.15) is 6.61 Å². The van der Waals surface area contributed by atoms with Gasteiger partial charge in [-0.25, -0.2) is 0 Å². The predicted molar refractivity (Wildman–Crippen MR) is 126 cm³/mol. The van der Waals surface area contributed by atoms with E-state index in [4.69, 9.17) is 4.74 Å². The first-order valence-corrected chi connectivity index (χ1v) is 11.3. The second-order valence-corrected chi connectivity index (χ2v) is 8.98. The van der Waals surface area contributed by atoms with Crippen molar-refractivity contribution >= 4 is 5.97 Å². The van der Waals surface area contributed by atoms with Crippen molar-refractivity contribution in [2.24, 2.45) is 5.41 Å². The van der Waals surface area contributed by atoms with E-state index in [0.717, 1.165) is 18.4 Å². The van der Waals surface area contributed by atoms with E-state index in [9.17, 15) is 4.79 Å². The zero-order valence-electron chi connectivity index (χ0n) is 19.6. The van der Waals surface area contributed by atoms with Crippen LogP contribution in [0.5, 0.6) is 0 Å². The van der Waals surface area contributed by atoms with Crippen molar-refractivity contribution in [3.05, 3.63) is 58.7 Å². The Morgan fingerprint density at radius 1 is 1.10 bits per heavy atom. The molecule has 0 unspecified atom stereocenters. The van der Waals surface area contributed by atoms with Crippen molar-refractivity contribution in [3.8, 4) is 0 Å². The molecule has 0 aliphatic heterocycles. The van der Waals surface area contributed by atoms with Gasteiger partial charge in [-0.3, -0.25) is 4.79 Å². The third-order valence-corrected chi connectivity index (χ3v) is 5.66. The second-order valence-electron chi connectivity index (χ2n) is 8.98. The van der Waals surface area contributed by atoms with Crippen molar-refractivity contribution in [1.29, 1.82) is 0 Å². The van der Waals surface area contributed by atoms with Crippen molar-refractivity contribution in [2.45, 2.75) is 92.9 Å². The molecule has 0 saturated heterocycles. The molecule has 0 spiro atoms. The summed E-state index contributed by atoms with van der Waals surface area (Å²) in [6.45, 7) is 13.7. The fraction of sp³-hybridized carbons (Fsp3) is 0.593. The fourth-order valence-corrected chi connectivity index (χ4v) is 3.73. The Labute approximate surface area is 179 Å². The van der Waals surface area contributed by atoms with Gasteiger partial charge in [0.05, 0.1) is 0 Å². The molecule has 0 heterocycles. The molecule has 0 radical (unpaired) electrons. The zero-order valence-corrected chi connectivity index (χ0v) is 19.6. The van der Waals surface area contributed by atoms with Crippen LogP contribution < -0.4 is 0 Å². The molecule has 29 heavy (non-hydrogen) atoms. The Morgan fingerprint density at radius 3 is 2.55 bits per heavy atom. The summed E-state index contributed by atoms with van der Waals surface area (Å²) in [6, 6.07) is 0. The van der Waals surface area contributed by atoms with Gasteiger partial charge in [-0.05, 0) is 63.5 Å². The van der Waals surface area contributed by atoms with Gasteiger partial charge in [-0.2, -0.15) is 0 Å². The van der Waals surface area contributed by atoms with Crippen molar-refractivity contribution in [2.75, 3.05) is 6.61 Å². The van der Waals surface area contributed by atoms with Gasteiger partial charge in [0.15, 0.2) is 0 Å². The molecule has 0 aromatic heterocycles. The minimum atomic E-state index is -0.0924. The van der Waals surface area contributed by atoms with E-state index >= 15 is 0 Å². The molecule has 2 heteroatoms. The predicted octanol–water partition coefficient (Wildman–Crippen LogP) is 8.03. The third kappa shape index (κ3) is 10.5. The molecule has 0 fully saturated rings. The summed E-state index contributed by atoms with van der Waals surface area (Å²) in [4.78, 5) is 11.7. The lowest BCUT2D eigenvalue weighted by atomic mass is 9.72. The summed E-state index contributed by atoms with van der Waals surface area (Å²) in [6.07, 6.45) is 21.4. The number of rotatable bonds is 11. The van der Waals surface area contributed by atoms with Crippen LogP contribution in [0.15, 0.2) is 58.7 Å². The maximum absolute atomic E-state index is 11.7. The summed E-state index contributed by atoms with van der Waals surface area (Å²) >= 11 is 0. The van der Waals surface area contributed by atoms with Crippen molar-refractivity contribution in [3.63, 3.8) is 0 Å². The van der Waals surface area contributed by atoms with E-state index in [0.29, 0.717) is 13.0 Å². The Kier molecular flexibility index (Phi) is 11.7. The van der Waals surface area contributed by atoms with Crippen LogP contribution in [0.25, 0.3) is 0 Å². The quantitative estimate of drug-likeness (QED) is 0.200. The van der Waals surface area contributed by atoms with Crippen LogP contribution in [0.1, 0.15) is 92.9 Å². The summed E-state index contributed by atoms with van der Waals surface area (Å²) in [7, 11) is 0. The van der Waals surface area contributed by atoms with Gasteiger partial charge in [0, 0.05) is 6.42 Å². The molecule has 0 aromatic carbocycles. The molecule has 0 saturated carbocycles. The molecule has 1 aliphatic rings. The number of allylic oxidation sites excluding steroid dienone is 9. The van der Waals surface area contributed by atoms with E-state index in [1.807, 2.05) is 13.0 Å². The Bertz CT molecular complexity index is 669. The summed E-state index contributed by atoms with van der Waals surface area (Å²) in [5.41, 5.74) is 5.63. The number of carbonyl (C=O) groups is 1. The highest BCUT2D eigenvalue weighted by Gasteiger charge is 2.26. The van der Waals surface area contributed by atoms with Gasteiger partial charge in [0.2, 0.25) is 0 Å². The number of ether oxygens (including phenoxy) is 1. The average Bonchev–Trinajstić information content (AvgIpc) is 2.64. The van der Waals surface area contributed by atoms with Crippen LogP contribution in [0.2, 0.25) is 0 Å². The fourth-order valence-electron chi connectivity index (χ4n) is 3.73. The Hall–Kier alpha value is -1.83. The summed E-state index contributed by atoms with van der Waals surface area (Å²) in [5, 5.41) is 0. The number of carbonyl (C=O) groups excluding carboxylic acids is 1. The molecule has 0 bridgehead atoms. The van der Waals surface area contributed by atoms with Crippen LogP contribution in [-0.2, 0) is 9.53 Å². The Balaban J connectivity index is 2.46.